The molecule has 0 bridgehead atoms. The van der Waals surface area contributed by atoms with Crippen LogP contribution in [0.5, 0.6) is 0 Å². The van der Waals surface area contributed by atoms with Gasteiger partial charge in [-0.25, -0.2) is 22.0 Å². The maximum absolute atomic E-state index is 13.1. The van der Waals surface area contributed by atoms with E-state index in [1.165, 1.54) is 0 Å². The number of rotatable bonds is 4. The first-order valence-electron chi connectivity index (χ1n) is 4.87. The fourth-order valence-corrected chi connectivity index (χ4v) is 1.21. The Morgan fingerprint density at radius 2 is 1.35 bits per heavy atom. The number of anilines is 1. The molecule has 0 fully saturated rings. The molecule has 1 N–H and O–H groups in total. The lowest BCUT2D eigenvalue weighted by molar-refractivity contribution is 0.381. The molecule has 0 radical (unpaired) electrons. The molecule has 0 aromatic heterocycles. The van der Waals surface area contributed by atoms with Crippen molar-refractivity contribution in [2.45, 2.75) is 13.3 Å². The van der Waals surface area contributed by atoms with Gasteiger partial charge in [-0.05, 0) is 13.3 Å². The summed E-state index contributed by atoms with van der Waals surface area (Å²) in [6, 6.07) is 0. The second kappa shape index (κ2) is 5.65. The van der Waals surface area contributed by atoms with Crippen LogP contribution in [-0.2, 0) is 0 Å². The quantitative estimate of drug-likeness (QED) is 0.282. The number of hydrogen-bond donors (Lipinski definition) is 1. The second-order valence-electron chi connectivity index (χ2n) is 3.23. The molecule has 1 nitrogen and oxygen atoms in total. The van der Waals surface area contributed by atoms with E-state index in [0.29, 0.717) is 6.42 Å². The summed E-state index contributed by atoms with van der Waals surface area (Å²) < 4.78 is 64.4. The minimum absolute atomic E-state index is 0.0721. The topological polar surface area (TPSA) is 12.0 Å². The third-order valence-corrected chi connectivity index (χ3v) is 2.06. The number of nitrogens with one attached hydrogen (secondary N) is 1. The zero-order valence-corrected chi connectivity index (χ0v) is 8.96. The van der Waals surface area contributed by atoms with E-state index in [2.05, 4.69) is 5.32 Å². The van der Waals surface area contributed by atoms with Crippen molar-refractivity contribution < 1.29 is 22.0 Å². The number of halogens is 5. The van der Waals surface area contributed by atoms with Gasteiger partial charge in [-0.3, -0.25) is 0 Å². The maximum atomic E-state index is 13.1. The van der Waals surface area contributed by atoms with Gasteiger partial charge in [-0.1, -0.05) is 12.2 Å². The molecular formula is C11H10F5N. The first-order chi connectivity index (χ1) is 8.00. The third kappa shape index (κ3) is 2.75. The number of allylic oxidation sites excluding steroid dienone is 1. The van der Waals surface area contributed by atoms with Gasteiger partial charge in [0.15, 0.2) is 23.3 Å². The van der Waals surface area contributed by atoms with Crippen molar-refractivity contribution in [3.05, 3.63) is 41.2 Å². The Labute approximate surface area is 94.9 Å². The fraction of sp³-hybridized carbons (Fsp3) is 0.273. The second-order valence-corrected chi connectivity index (χ2v) is 3.23. The molecule has 0 saturated carbocycles. The normalized spacial score (nSPS) is 11.2. The Morgan fingerprint density at radius 3 is 1.82 bits per heavy atom. The molecule has 0 aliphatic carbocycles. The van der Waals surface area contributed by atoms with Crippen LogP contribution in [0, 0.1) is 29.1 Å². The Hall–Kier alpha value is -1.59. The average molecular weight is 251 g/mol. The number of hydrogen-bond acceptors (Lipinski definition) is 1. The van der Waals surface area contributed by atoms with Gasteiger partial charge in [-0.2, -0.15) is 0 Å². The molecule has 0 saturated heterocycles. The van der Waals surface area contributed by atoms with E-state index in [4.69, 9.17) is 0 Å². The molecule has 0 spiro atoms. The van der Waals surface area contributed by atoms with Gasteiger partial charge < -0.3 is 5.32 Å². The monoisotopic (exact) mass is 251 g/mol. The molecule has 0 amide bonds. The van der Waals surface area contributed by atoms with Crippen LogP contribution < -0.4 is 5.32 Å². The zero-order chi connectivity index (χ0) is 13.0. The third-order valence-electron chi connectivity index (χ3n) is 2.06. The standard InChI is InChI=1S/C11H10F5N/c1-2-3-4-5-17-11-9(15)7(13)6(12)8(14)10(11)16/h2-3,17H,4-5H2,1H3/b3-2+. The van der Waals surface area contributed by atoms with Crippen LogP contribution in [-0.4, -0.2) is 6.54 Å². The van der Waals surface area contributed by atoms with Gasteiger partial charge in [0.2, 0.25) is 5.82 Å². The summed E-state index contributed by atoms with van der Waals surface area (Å²) >= 11 is 0. The highest BCUT2D eigenvalue weighted by Crippen LogP contribution is 2.26. The summed E-state index contributed by atoms with van der Waals surface area (Å²) in [7, 11) is 0. The Morgan fingerprint density at radius 1 is 0.882 bits per heavy atom. The molecule has 1 aromatic rings. The van der Waals surface area contributed by atoms with Crippen molar-refractivity contribution in [3.63, 3.8) is 0 Å². The largest absolute Gasteiger partial charge is 0.380 e. The molecule has 17 heavy (non-hydrogen) atoms. The van der Waals surface area contributed by atoms with E-state index < -0.39 is 34.8 Å². The van der Waals surface area contributed by atoms with Gasteiger partial charge in [0.25, 0.3) is 0 Å². The molecule has 0 aliphatic heterocycles. The highest BCUT2D eigenvalue weighted by molar-refractivity contribution is 5.47. The summed E-state index contributed by atoms with van der Waals surface area (Å²) in [5.41, 5.74) is -0.995. The first kappa shape index (κ1) is 13.5. The summed E-state index contributed by atoms with van der Waals surface area (Å²) in [6.45, 7) is 1.82. The molecule has 0 aliphatic rings. The lowest BCUT2D eigenvalue weighted by Gasteiger charge is -2.09. The Bertz CT molecular complexity index is 413. The van der Waals surface area contributed by atoms with Gasteiger partial charge >= 0.3 is 0 Å². The van der Waals surface area contributed by atoms with Gasteiger partial charge in [0, 0.05) is 6.54 Å². The van der Waals surface area contributed by atoms with E-state index in [1.807, 2.05) is 0 Å². The summed E-state index contributed by atoms with van der Waals surface area (Å²) in [4.78, 5) is 0. The lowest BCUT2D eigenvalue weighted by atomic mass is 10.2. The van der Waals surface area contributed by atoms with Gasteiger partial charge in [-0.15, -0.1) is 0 Å². The van der Waals surface area contributed by atoms with E-state index >= 15 is 0 Å². The van der Waals surface area contributed by atoms with Crippen LogP contribution in [0.25, 0.3) is 0 Å². The summed E-state index contributed by atoms with van der Waals surface area (Å²) in [5.74, 6) is -9.74. The summed E-state index contributed by atoms with van der Waals surface area (Å²) in [5, 5.41) is 2.18. The molecule has 6 heteroatoms. The van der Waals surface area contributed by atoms with E-state index in [0.717, 1.165) is 0 Å². The van der Waals surface area contributed by atoms with Crippen LogP contribution in [0.15, 0.2) is 12.2 Å². The van der Waals surface area contributed by atoms with E-state index in [9.17, 15) is 22.0 Å². The van der Waals surface area contributed by atoms with Crippen LogP contribution in [0.3, 0.4) is 0 Å². The molecule has 94 valence electrons. The van der Waals surface area contributed by atoms with Gasteiger partial charge in [0.05, 0.1) is 0 Å². The molecule has 1 aromatic carbocycles. The van der Waals surface area contributed by atoms with E-state index in [-0.39, 0.29) is 6.54 Å². The smallest absolute Gasteiger partial charge is 0.200 e. The Balaban J connectivity index is 2.99. The zero-order valence-electron chi connectivity index (χ0n) is 8.96. The van der Waals surface area contributed by atoms with Crippen molar-refractivity contribution in [1.82, 2.24) is 0 Å². The molecular weight excluding hydrogens is 241 g/mol. The lowest BCUT2D eigenvalue weighted by Crippen LogP contribution is -2.10. The average Bonchev–Trinajstić information content (AvgIpc) is 2.33. The molecule has 0 heterocycles. The van der Waals surface area contributed by atoms with Crippen LogP contribution >= 0.6 is 0 Å². The van der Waals surface area contributed by atoms with Crippen molar-refractivity contribution in [1.29, 1.82) is 0 Å². The predicted molar refractivity (Wildman–Crippen MR) is 54.2 cm³/mol. The molecule has 0 unspecified atom stereocenters. The number of benzene rings is 1. The van der Waals surface area contributed by atoms with Crippen molar-refractivity contribution in [2.24, 2.45) is 0 Å². The molecule has 1 rings (SSSR count). The van der Waals surface area contributed by atoms with Crippen molar-refractivity contribution in [3.8, 4) is 0 Å². The minimum atomic E-state index is -2.15. The maximum Gasteiger partial charge on any atom is 0.200 e. The fourth-order valence-electron chi connectivity index (χ4n) is 1.21. The first-order valence-corrected chi connectivity index (χ1v) is 4.87. The van der Waals surface area contributed by atoms with Gasteiger partial charge in [0.1, 0.15) is 5.69 Å². The van der Waals surface area contributed by atoms with Crippen LogP contribution in [0.2, 0.25) is 0 Å². The van der Waals surface area contributed by atoms with Crippen molar-refractivity contribution in [2.75, 3.05) is 11.9 Å². The van der Waals surface area contributed by atoms with Crippen LogP contribution in [0.1, 0.15) is 13.3 Å². The highest BCUT2D eigenvalue weighted by Gasteiger charge is 2.25. The SMILES string of the molecule is C/C=C/CCNc1c(F)c(F)c(F)c(F)c1F. The van der Waals surface area contributed by atoms with Crippen molar-refractivity contribution >= 4 is 5.69 Å². The predicted octanol–water partition coefficient (Wildman–Crippen LogP) is 3.76. The molecule has 0 atom stereocenters. The highest BCUT2D eigenvalue weighted by atomic mass is 19.2. The summed E-state index contributed by atoms with van der Waals surface area (Å²) in [6.07, 6.45) is 3.81. The minimum Gasteiger partial charge on any atom is -0.380 e. The van der Waals surface area contributed by atoms with Crippen LogP contribution in [0.4, 0.5) is 27.6 Å². The van der Waals surface area contributed by atoms with E-state index in [1.54, 1.807) is 19.1 Å². The Kier molecular flexibility index (Phi) is 4.48.